The number of aromatic nitrogens is 2. The molecule has 0 aromatic carbocycles. The molecule has 1 aliphatic rings. The number of carbonyl (C=O) groups is 4. The number of aliphatic hydroxyl groups is 1. The molecule has 0 bridgehead atoms. The van der Waals surface area contributed by atoms with E-state index in [0.29, 0.717) is 37.6 Å². The fourth-order valence-corrected chi connectivity index (χ4v) is 5.93. The molecule has 13 heteroatoms. The normalized spacial score (nSPS) is 16.5. The van der Waals surface area contributed by atoms with Gasteiger partial charge in [0.2, 0.25) is 17.7 Å². The van der Waals surface area contributed by atoms with Crippen molar-refractivity contribution in [1.29, 1.82) is 0 Å². The van der Waals surface area contributed by atoms with E-state index in [1.807, 2.05) is 46.9 Å². The molecule has 1 aromatic heterocycles. The summed E-state index contributed by atoms with van der Waals surface area (Å²) < 4.78 is 7.13. The van der Waals surface area contributed by atoms with Gasteiger partial charge in [0.15, 0.2) is 0 Å². The van der Waals surface area contributed by atoms with Gasteiger partial charge in [0.1, 0.15) is 18.7 Å². The zero-order chi connectivity index (χ0) is 34.2. The molecule has 1 aromatic rings. The summed E-state index contributed by atoms with van der Waals surface area (Å²) in [4.78, 5) is 52.0. The second-order valence-electron chi connectivity index (χ2n) is 13.0. The summed E-state index contributed by atoms with van der Waals surface area (Å²) in [7, 11) is 0. The monoisotopic (exact) mass is 666 g/mol. The molecule has 0 radical (unpaired) electrons. The molecule has 5 atom stereocenters. The predicted molar refractivity (Wildman–Crippen MR) is 181 cm³/mol. The highest BCUT2D eigenvalue weighted by Gasteiger charge is 2.33. The van der Waals surface area contributed by atoms with Crippen molar-refractivity contribution >= 4 is 35.6 Å². The lowest BCUT2D eigenvalue weighted by atomic mass is 9.79. The molecule has 1 heterocycles. The number of alkyl carbamates (subject to hydrolysis) is 1. The second kappa shape index (κ2) is 20.4. The number of ether oxygens (including phenoxy) is 1. The third-order valence-corrected chi connectivity index (χ3v) is 9.23. The third kappa shape index (κ3) is 13.5. The molecule has 1 aliphatic carbocycles. The number of rotatable bonds is 21. The van der Waals surface area contributed by atoms with Crippen LogP contribution in [0.5, 0.6) is 0 Å². The molecule has 0 spiro atoms. The average Bonchev–Trinajstić information content (AvgIpc) is 3.30. The van der Waals surface area contributed by atoms with Gasteiger partial charge in [0, 0.05) is 18.2 Å². The maximum atomic E-state index is 13.5. The number of hydrogen-bond donors (Lipinski definition) is 5. The Morgan fingerprint density at radius 2 is 1.80 bits per heavy atom. The number of thioether (sulfide) groups is 1. The topological polar surface area (TPSA) is 164 Å². The summed E-state index contributed by atoms with van der Waals surface area (Å²) >= 11 is 1.56. The standard InChI is InChI=1S/C33H58N6O6S/c1-8-9-14-34-32(43)29(21(2)3)37-30(41)22(4)18-28(40)27(20-25-11-10-12-25)35-31(42)26(13-17-46-7)36-33(44)45-16-15-39-24(6)19-23(5)38-39/h19,21-22,25-29,40H,8-18,20H2,1-7H3,(H,34,43)(H,35,42)(H,36,44)(H,37,41)/t22-,26+,27+,28+,29+/m1/s1. The minimum atomic E-state index is -0.991. The van der Waals surface area contributed by atoms with Gasteiger partial charge < -0.3 is 31.1 Å². The van der Waals surface area contributed by atoms with Crippen LogP contribution in [0.1, 0.15) is 90.4 Å². The Hall–Kier alpha value is -2.80. The van der Waals surface area contributed by atoms with Crippen LogP contribution in [0.25, 0.3) is 0 Å². The van der Waals surface area contributed by atoms with Crippen molar-refractivity contribution in [1.82, 2.24) is 31.0 Å². The van der Waals surface area contributed by atoms with E-state index in [4.69, 9.17) is 4.74 Å². The smallest absolute Gasteiger partial charge is 0.407 e. The van der Waals surface area contributed by atoms with Crippen LogP contribution in [0.3, 0.4) is 0 Å². The predicted octanol–water partition coefficient (Wildman–Crippen LogP) is 3.47. The van der Waals surface area contributed by atoms with E-state index in [-0.39, 0.29) is 30.8 Å². The van der Waals surface area contributed by atoms with Crippen molar-refractivity contribution in [2.24, 2.45) is 17.8 Å². The lowest BCUT2D eigenvalue weighted by Gasteiger charge is -2.34. The molecule has 5 N–H and O–H groups in total. The summed E-state index contributed by atoms with van der Waals surface area (Å²) in [5.74, 6) is -0.617. The van der Waals surface area contributed by atoms with Crippen LogP contribution in [-0.4, -0.2) is 88.1 Å². The Morgan fingerprint density at radius 3 is 2.37 bits per heavy atom. The van der Waals surface area contributed by atoms with Gasteiger partial charge in [-0.1, -0.05) is 53.4 Å². The first-order valence-corrected chi connectivity index (χ1v) is 18.2. The van der Waals surface area contributed by atoms with Crippen LogP contribution in [0.2, 0.25) is 0 Å². The molecule has 4 amide bonds. The number of carbonyl (C=O) groups excluding carboxylic acids is 4. The average molecular weight is 667 g/mol. The Kier molecular flexibility index (Phi) is 17.5. The van der Waals surface area contributed by atoms with E-state index in [1.54, 1.807) is 23.4 Å². The number of nitrogens with zero attached hydrogens (tertiary/aromatic N) is 2. The maximum Gasteiger partial charge on any atom is 0.407 e. The number of aliphatic hydroxyl groups excluding tert-OH is 1. The highest BCUT2D eigenvalue weighted by molar-refractivity contribution is 7.98. The zero-order valence-electron chi connectivity index (χ0n) is 28.9. The van der Waals surface area contributed by atoms with Crippen LogP contribution in [0.15, 0.2) is 6.07 Å². The molecule has 0 aliphatic heterocycles. The number of aryl methyl sites for hydroxylation is 2. The quantitative estimate of drug-likeness (QED) is 0.125. The zero-order valence-corrected chi connectivity index (χ0v) is 29.7. The Morgan fingerprint density at radius 1 is 1.09 bits per heavy atom. The molecule has 46 heavy (non-hydrogen) atoms. The van der Waals surface area contributed by atoms with Crippen LogP contribution in [0, 0.1) is 31.6 Å². The summed E-state index contributed by atoms with van der Waals surface area (Å²) in [5, 5.41) is 27.2. The summed E-state index contributed by atoms with van der Waals surface area (Å²) in [5.41, 5.74) is 1.85. The van der Waals surface area contributed by atoms with E-state index in [2.05, 4.69) is 26.4 Å². The first kappa shape index (κ1) is 39.4. The SMILES string of the molecule is CCCCNC(=O)[C@@H](NC(=O)[C@H](C)C[C@H](O)[C@H](CC1CCC1)NC(=O)[C@H](CCSC)NC(=O)OCCn1nc(C)cc1C)C(C)C. The van der Waals surface area contributed by atoms with E-state index < -0.39 is 42.1 Å². The highest BCUT2D eigenvalue weighted by Crippen LogP contribution is 2.32. The lowest BCUT2D eigenvalue weighted by molar-refractivity contribution is -0.132. The Bertz CT molecular complexity index is 1110. The molecule has 262 valence electrons. The lowest BCUT2D eigenvalue weighted by Crippen LogP contribution is -2.54. The van der Waals surface area contributed by atoms with Crippen molar-refractivity contribution in [2.75, 3.05) is 25.2 Å². The van der Waals surface area contributed by atoms with Gasteiger partial charge in [-0.2, -0.15) is 16.9 Å². The number of amides is 4. The number of hydrogen-bond acceptors (Lipinski definition) is 8. The largest absolute Gasteiger partial charge is 0.448 e. The van der Waals surface area contributed by atoms with Crippen molar-refractivity contribution < 1.29 is 29.0 Å². The van der Waals surface area contributed by atoms with E-state index >= 15 is 0 Å². The summed E-state index contributed by atoms with van der Waals surface area (Å²) in [6.07, 6.45) is 6.30. The number of unbranched alkanes of at least 4 members (excludes halogenated alkanes) is 1. The molecule has 1 saturated carbocycles. The van der Waals surface area contributed by atoms with E-state index in [1.165, 1.54) is 0 Å². The van der Waals surface area contributed by atoms with Gasteiger partial charge in [0.25, 0.3) is 0 Å². The Balaban J connectivity index is 2.01. The van der Waals surface area contributed by atoms with Crippen molar-refractivity contribution in [3.05, 3.63) is 17.5 Å². The van der Waals surface area contributed by atoms with Gasteiger partial charge >= 0.3 is 6.09 Å². The minimum Gasteiger partial charge on any atom is -0.448 e. The van der Waals surface area contributed by atoms with Gasteiger partial charge in [-0.3, -0.25) is 19.1 Å². The molecule has 2 rings (SSSR count). The first-order chi connectivity index (χ1) is 21.9. The van der Waals surface area contributed by atoms with Gasteiger partial charge in [-0.25, -0.2) is 4.79 Å². The van der Waals surface area contributed by atoms with Crippen LogP contribution in [0.4, 0.5) is 4.79 Å². The summed E-state index contributed by atoms with van der Waals surface area (Å²) in [6, 6.07) is -0.165. The second-order valence-corrected chi connectivity index (χ2v) is 14.0. The van der Waals surface area contributed by atoms with Gasteiger partial charge in [-0.15, -0.1) is 0 Å². The minimum absolute atomic E-state index is 0.103. The first-order valence-electron chi connectivity index (χ1n) is 16.9. The molecule has 1 fully saturated rings. The van der Waals surface area contributed by atoms with Crippen LogP contribution < -0.4 is 21.3 Å². The molecule has 0 unspecified atom stereocenters. The molecule has 0 saturated heterocycles. The third-order valence-electron chi connectivity index (χ3n) is 8.58. The van der Waals surface area contributed by atoms with E-state index in [0.717, 1.165) is 43.5 Å². The van der Waals surface area contributed by atoms with E-state index in [9.17, 15) is 24.3 Å². The molecule has 12 nitrogen and oxygen atoms in total. The van der Waals surface area contributed by atoms with Gasteiger partial charge in [-0.05, 0) is 69.4 Å². The summed E-state index contributed by atoms with van der Waals surface area (Å²) in [6.45, 7) is 12.4. The van der Waals surface area contributed by atoms with Crippen molar-refractivity contribution in [3.8, 4) is 0 Å². The number of nitrogens with one attached hydrogen (secondary N) is 4. The van der Waals surface area contributed by atoms with Crippen molar-refractivity contribution in [3.63, 3.8) is 0 Å². The fraction of sp³-hybridized carbons (Fsp3) is 0.788. The Labute approximate surface area is 279 Å². The van der Waals surface area contributed by atoms with Crippen LogP contribution >= 0.6 is 11.8 Å². The van der Waals surface area contributed by atoms with Crippen LogP contribution in [-0.2, 0) is 25.7 Å². The fourth-order valence-electron chi connectivity index (χ4n) is 5.46. The maximum absolute atomic E-state index is 13.5. The van der Waals surface area contributed by atoms with Crippen molar-refractivity contribution in [2.45, 2.75) is 124 Å². The highest BCUT2D eigenvalue weighted by atomic mass is 32.2. The molecular formula is C33H58N6O6S. The molecular weight excluding hydrogens is 608 g/mol. The van der Waals surface area contributed by atoms with Gasteiger partial charge in [0.05, 0.1) is 24.4 Å².